The molecule has 1 aliphatic carbocycles. The largest absolute Gasteiger partial charge is 0.396 e. The van der Waals surface area contributed by atoms with E-state index < -0.39 is 5.60 Å². The molecule has 2 N–H and O–H groups in total. The van der Waals surface area contributed by atoms with Gasteiger partial charge in [0.15, 0.2) is 17.0 Å². The molecule has 0 radical (unpaired) electrons. The van der Waals surface area contributed by atoms with Crippen molar-refractivity contribution in [3.63, 3.8) is 0 Å². The van der Waals surface area contributed by atoms with Crippen LogP contribution < -0.4 is 4.90 Å². The fourth-order valence-electron chi connectivity index (χ4n) is 3.59. The van der Waals surface area contributed by atoms with Crippen molar-refractivity contribution in [3.05, 3.63) is 11.1 Å². The zero-order valence-corrected chi connectivity index (χ0v) is 14.7. The first kappa shape index (κ1) is 16.1. The molecule has 24 heavy (non-hydrogen) atoms. The van der Waals surface area contributed by atoms with E-state index in [1.165, 1.54) is 12.8 Å². The van der Waals surface area contributed by atoms with E-state index in [1.807, 2.05) is 13.8 Å². The number of nitrogens with zero attached hydrogens (tertiary/aromatic N) is 4. The highest BCUT2D eigenvalue weighted by Crippen LogP contribution is 2.44. The zero-order chi connectivity index (χ0) is 16.9. The average Bonchev–Trinajstić information content (AvgIpc) is 3.18. The molecule has 3 fully saturated rings. The third kappa shape index (κ3) is 2.64. The minimum atomic E-state index is -0.604. The molecule has 2 bridgehead atoms. The first-order chi connectivity index (χ1) is 11.5. The topological polar surface area (TPSA) is 87.2 Å². The molecule has 3 aliphatic rings. The lowest BCUT2D eigenvalue weighted by Crippen LogP contribution is -2.29. The van der Waals surface area contributed by atoms with Gasteiger partial charge in [-0.2, -0.15) is 9.97 Å². The van der Waals surface area contributed by atoms with E-state index in [0.29, 0.717) is 30.5 Å². The summed E-state index contributed by atoms with van der Waals surface area (Å²) in [4.78, 5) is 19.0. The Morgan fingerprint density at radius 2 is 2.12 bits per heavy atom. The number of aromatic amines is 1. The van der Waals surface area contributed by atoms with Crippen LogP contribution in [0.15, 0.2) is 0 Å². The van der Waals surface area contributed by atoms with Crippen LogP contribution in [0.3, 0.4) is 0 Å². The highest BCUT2D eigenvalue weighted by molar-refractivity contribution is 6.28. The smallest absolute Gasteiger partial charge is 0.226 e. The highest BCUT2D eigenvalue weighted by atomic mass is 35.5. The first-order valence-corrected chi connectivity index (χ1v) is 8.81. The zero-order valence-electron chi connectivity index (χ0n) is 13.9. The molecule has 2 aromatic rings. The molecule has 0 unspecified atom stereocenters. The van der Waals surface area contributed by atoms with Crippen molar-refractivity contribution in [2.45, 2.75) is 44.8 Å². The van der Waals surface area contributed by atoms with Gasteiger partial charge in [-0.25, -0.2) is 4.98 Å². The first-order valence-electron chi connectivity index (χ1n) is 8.43. The van der Waals surface area contributed by atoms with Crippen LogP contribution >= 0.6 is 11.6 Å². The van der Waals surface area contributed by atoms with Crippen LogP contribution in [0.1, 0.15) is 38.9 Å². The number of aliphatic hydroxyl groups is 1. The van der Waals surface area contributed by atoms with Gasteiger partial charge in [0.2, 0.25) is 5.28 Å². The molecule has 2 aromatic heterocycles. The molecule has 8 heteroatoms. The van der Waals surface area contributed by atoms with Gasteiger partial charge in [0.25, 0.3) is 0 Å². The normalized spacial score (nSPS) is 23.1. The number of halogens is 1. The van der Waals surface area contributed by atoms with Gasteiger partial charge in [-0.15, -0.1) is 0 Å². The van der Waals surface area contributed by atoms with E-state index in [4.69, 9.17) is 26.4 Å². The Labute approximate surface area is 145 Å². The van der Waals surface area contributed by atoms with Gasteiger partial charge >= 0.3 is 0 Å². The average molecular weight is 352 g/mol. The number of H-pyrrole nitrogens is 1. The van der Waals surface area contributed by atoms with Crippen molar-refractivity contribution < 1.29 is 9.84 Å². The van der Waals surface area contributed by atoms with Gasteiger partial charge < -0.3 is 19.7 Å². The maximum Gasteiger partial charge on any atom is 0.226 e. The summed E-state index contributed by atoms with van der Waals surface area (Å²) in [6.07, 6.45) is 3.06. The van der Waals surface area contributed by atoms with Gasteiger partial charge in [-0.1, -0.05) is 0 Å². The predicted octanol–water partition coefficient (Wildman–Crippen LogP) is 2.24. The van der Waals surface area contributed by atoms with Crippen LogP contribution in [0.2, 0.25) is 5.28 Å². The highest BCUT2D eigenvalue weighted by Gasteiger charge is 2.44. The Kier molecular flexibility index (Phi) is 3.89. The maximum atomic E-state index is 8.92. The molecule has 1 saturated carbocycles. The summed E-state index contributed by atoms with van der Waals surface area (Å²) in [6.45, 7) is 5.49. The van der Waals surface area contributed by atoms with Crippen molar-refractivity contribution in [1.29, 1.82) is 0 Å². The Hall–Kier alpha value is -1.44. The summed E-state index contributed by atoms with van der Waals surface area (Å²) in [5.41, 5.74) is 0.788. The summed E-state index contributed by atoms with van der Waals surface area (Å²) >= 11 is 6.13. The Bertz CT molecular complexity index is 756. The SMILES string of the molecule is CC(C)(OCCCO)c1nc2c(N3CC4CC3C4)nc(Cl)nc2[nH]1. The van der Waals surface area contributed by atoms with Crippen LogP contribution in [0.25, 0.3) is 11.2 Å². The van der Waals surface area contributed by atoms with Gasteiger partial charge in [-0.05, 0) is 50.6 Å². The Balaban J connectivity index is 1.69. The maximum absolute atomic E-state index is 8.92. The quantitative estimate of drug-likeness (QED) is 0.613. The number of hydrogen-bond acceptors (Lipinski definition) is 6. The molecule has 2 aliphatic heterocycles. The van der Waals surface area contributed by atoms with Crippen LogP contribution in [0.5, 0.6) is 0 Å². The molecular weight excluding hydrogens is 330 g/mol. The minimum absolute atomic E-state index is 0.110. The fraction of sp³-hybridized carbons (Fsp3) is 0.688. The number of nitrogens with one attached hydrogen (secondary N) is 1. The van der Waals surface area contributed by atoms with Gasteiger partial charge in [0, 0.05) is 19.2 Å². The molecular formula is C16H22ClN5O2. The van der Waals surface area contributed by atoms with Crippen molar-refractivity contribution in [2.24, 2.45) is 5.92 Å². The van der Waals surface area contributed by atoms with E-state index >= 15 is 0 Å². The fourth-order valence-corrected chi connectivity index (χ4v) is 3.76. The summed E-state index contributed by atoms with van der Waals surface area (Å²) in [5, 5.41) is 9.16. The summed E-state index contributed by atoms with van der Waals surface area (Å²) in [5.74, 6) is 2.29. The summed E-state index contributed by atoms with van der Waals surface area (Å²) in [7, 11) is 0. The number of imidazole rings is 1. The molecule has 0 amide bonds. The number of hydrogen-bond donors (Lipinski definition) is 2. The molecule has 0 aromatic carbocycles. The van der Waals surface area contributed by atoms with Gasteiger partial charge in [0.1, 0.15) is 11.4 Å². The number of aromatic nitrogens is 4. The molecule has 0 atom stereocenters. The van der Waals surface area contributed by atoms with Crippen LogP contribution in [0, 0.1) is 5.92 Å². The van der Waals surface area contributed by atoms with Crippen molar-refractivity contribution in [2.75, 3.05) is 24.7 Å². The second kappa shape index (κ2) is 5.82. The number of anilines is 1. The summed E-state index contributed by atoms with van der Waals surface area (Å²) < 4.78 is 5.86. The second-order valence-electron chi connectivity index (χ2n) is 7.18. The minimum Gasteiger partial charge on any atom is -0.396 e. The van der Waals surface area contributed by atoms with Gasteiger partial charge in [-0.3, -0.25) is 0 Å². The predicted molar refractivity (Wildman–Crippen MR) is 91.2 cm³/mol. The van der Waals surface area contributed by atoms with E-state index in [-0.39, 0.29) is 11.9 Å². The van der Waals surface area contributed by atoms with Crippen LogP contribution in [0.4, 0.5) is 5.82 Å². The molecule has 130 valence electrons. The monoisotopic (exact) mass is 351 g/mol. The van der Waals surface area contributed by atoms with E-state index in [9.17, 15) is 0 Å². The van der Waals surface area contributed by atoms with E-state index in [2.05, 4.69) is 19.9 Å². The molecule has 7 nitrogen and oxygen atoms in total. The Morgan fingerprint density at radius 1 is 1.33 bits per heavy atom. The molecule has 0 spiro atoms. The van der Waals surface area contributed by atoms with Crippen molar-refractivity contribution >= 4 is 28.6 Å². The summed E-state index contributed by atoms with van der Waals surface area (Å²) in [6, 6.07) is 0.554. The third-order valence-electron chi connectivity index (χ3n) is 5.01. The number of ether oxygens (including phenoxy) is 1. The lowest BCUT2D eigenvalue weighted by Gasteiger charge is -2.26. The molecule has 2 saturated heterocycles. The number of fused-ring (bicyclic) bond motifs is 2. The number of aliphatic hydroxyl groups excluding tert-OH is 1. The van der Waals surface area contributed by atoms with Crippen LogP contribution in [-0.4, -0.2) is 50.8 Å². The van der Waals surface area contributed by atoms with E-state index in [1.54, 1.807) is 0 Å². The standard InChI is InChI=1S/C16H22ClN5O2/c1-16(2,24-5-3-4-23)14-18-11-12(19-14)20-15(17)21-13(11)22-8-9-6-10(22)7-9/h9-10,23H,3-8H2,1-2H3,(H,18,19,20,21). The number of rotatable bonds is 6. The molecule has 5 rings (SSSR count). The lowest BCUT2D eigenvalue weighted by molar-refractivity contribution is -0.0323. The van der Waals surface area contributed by atoms with Crippen molar-refractivity contribution in [3.8, 4) is 0 Å². The lowest BCUT2D eigenvalue weighted by atomic mass is 9.86. The molecule has 4 heterocycles. The van der Waals surface area contributed by atoms with Crippen LogP contribution in [-0.2, 0) is 10.3 Å². The third-order valence-corrected chi connectivity index (χ3v) is 5.18. The van der Waals surface area contributed by atoms with Crippen molar-refractivity contribution in [1.82, 2.24) is 19.9 Å². The second-order valence-corrected chi connectivity index (χ2v) is 7.52. The van der Waals surface area contributed by atoms with Gasteiger partial charge in [0.05, 0.1) is 6.61 Å². The van der Waals surface area contributed by atoms with E-state index in [0.717, 1.165) is 23.8 Å². The Morgan fingerprint density at radius 3 is 2.79 bits per heavy atom.